The van der Waals surface area contributed by atoms with Crippen molar-refractivity contribution >= 4 is 43.5 Å². The van der Waals surface area contributed by atoms with Gasteiger partial charge in [-0.05, 0) is 31.9 Å². The minimum Gasteiger partial charge on any atom is -0.228 e. The second-order valence-corrected chi connectivity index (χ2v) is 3.17. The summed E-state index contributed by atoms with van der Waals surface area (Å²) < 4.78 is 1.36. The van der Waals surface area contributed by atoms with Gasteiger partial charge in [0.15, 0.2) is 0 Å². The molecule has 9 heavy (non-hydrogen) atoms. The summed E-state index contributed by atoms with van der Waals surface area (Å²) in [5, 5.41) is 0.414. The number of rotatable bonds is 0. The second-order valence-electron chi connectivity index (χ2n) is 1.27. The third-order valence-corrected chi connectivity index (χ3v) is 3.10. The summed E-state index contributed by atoms with van der Waals surface area (Å²) in [6.45, 7) is 0. The van der Waals surface area contributed by atoms with Gasteiger partial charge in [-0.25, -0.2) is 9.97 Å². The molecule has 2 nitrogen and oxygen atoms in total. The molecule has 48 valence electrons. The van der Waals surface area contributed by atoms with Crippen LogP contribution in [0.25, 0.3) is 0 Å². The van der Waals surface area contributed by atoms with E-state index in [0.29, 0.717) is 14.2 Å². The molecule has 0 saturated heterocycles. The Morgan fingerprint density at radius 2 is 2.00 bits per heavy atom. The van der Waals surface area contributed by atoms with Crippen molar-refractivity contribution in [2.45, 2.75) is 0 Å². The molecular weight excluding hydrogens is 271 g/mol. The average molecular weight is 272 g/mol. The minimum atomic E-state index is 0.414. The van der Waals surface area contributed by atoms with Gasteiger partial charge in [0, 0.05) is 0 Å². The molecule has 1 aromatic heterocycles. The zero-order valence-corrected chi connectivity index (χ0v) is 8.03. The smallest absolute Gasteiger partial charge is 0.147 e. The van der Waals surface area contributed by atoms with E-state index in [2.05, 4.69) is 41.8 Å². The molecule has 0 aliphatic rings. The molecular formula is C4HBr2ClN2. The topological polar surface area (TPSA) is 25.8 Å². The number of aromatic nitrogens is 2. The summed E-state index contributed by atoms with van der Waals surface area (Å²) in [7, 11) is 0. The van der Waals surface area contributed by atoms with Crippen molar-refractivity contribution in [3.63, 3.8) is 0 Å². The minimum absolute atomic E-state index is 0.414. The molecule has 0 aromatic carbocycles. The lowest BCUT2D eigenvalue weighted by Crippen LogP contribution is -1.81. The van der Waals surface area contributed by atoms with Crippen LogP contribution in [-0.2, 0) is 0 Å². The largest absolute Gasteiger partial charge is 0.228 e. The summed E-state index contributed by atoms with van der Waals surface area (Å²) in [5.74, 6) is 0. The molecule has 0 aliphatic carbocycles. The molecule has 0 fully saturated rings. The maximum Gasteiger partial charge on any atom is 0.147 e. The van der Waals surface area contributed by atoms with E-state index in [0.717, 1.165) is 0 Å². The Labute approximate surface area is 73.9 Å². The van der Waals surface area contributed by atoms with Crippen LogP contribution >= 0.6 is 43.5 Å². The van der Waals surface area contributed by atoms with Gasteiger partial charge in [0.1, 0.15) is 16.1 Å². The van der Waals surface area contributed by atoms with Crippen LogP contribution < -0.4 is 0 Å². The quantitative estimate of drug-likeness (QED) is 0.679. The van der Waals surface area contributed by atoms with Crippen molar-refractivity contribution in [3.05, 3.63) is 20.6 Å². The van der Waals surface area contributed by atoms with Gasteiger partial charge in [-0.1, -0.05) is 11.6 Å². The van der Waals surface area contributed by atoms with Crippen molar-refractivity contribution in [3.8, 4) is 0 Å². The average Bonchev–Trinajstić information content (AvgIpc) is 1.83. The maximum atomic E-state index is 5.59. The monoisotopic (exact) mass is 270 g/mol. The van der Waals surface area contributed by atoms with E-state index in [1.165, 1.54) is 6.33 Å². The molecule has 0 N–H and O–H groups in total. The lowest BCUT2D eigenvalue weighted by atomic mass is 10.7. The molecule has 0 radical (unpaired) electrons. The van der Waals surface area contributed by atoms with Crippen molar-refractivity contribution < 1.29 is 0 Å². The number of nitrogens with zero attached hydrogens (tertiary/aromatic N) is 2. The van der Waals surface area contributed by atoms with E-state index >= 15 is 0 Å². The van der Waals surface area contributed by atoms with Crippen LogP contribution in [0.15, 0.2) is 15.4 Å². The highest BCUT2D eigenvalue weighted by molar-refractivity contribution is 9.13. The van der Waals surface area contributed by atoms with Crippen LogP contribution in [0.5, 0.6) is 0 Å². The molecule has 0 unspecified atom stereocenters. The van der Waals surface area contributed by atoms with Gasteiger partial charge >= 0.3 is 0 Å². The number of halogens is 3. The predicted molar refractivity (Wildman–Crippen MR) is 42.4 cm³/mol. The Morgan fingerprint density at radius 3 is 2.44 bits per heavy atom. The fourth-order valence-corrected chi connectivity index (χ4v) is 1.06. The highest BCUT2D eigenvalue weighted by atomic mass is 79.9. The van der Waals surface area contributed by atoms with Gasteiger partial charge in [-0.3, -0.25) is 0 Å². The molecule has 0 spiro atoms. The van der Waals surface area contributed by atoms with E-state index in [-0.39, 0.29) is 0 Å². The van der Waals surface area contributed by atoms with Gasteiger partial charge in [0.25, 0.3) is 0 Å². The van der Waals surface area contributed by atoms with E-state index < -0.39 is 0 Å². The fraction of sp³-hybridized carbons (Fsp3) is 0. The van der Waals surface area contributed by atoms with Crippen molar-refractivity contribution in [2.75, 3.05) is 0 Å². The van der Waals surface area contributed by atoms with Gasteiger partial charge in [-0.15, -0.1) is 0 Å². The molecule has 0 saturated carbocycles. The van der Waals surface area contributed by atoms with Crippen molar-refractivity contribution in [1.29, 1.82) is 0 Å². The highest BCUT2D eigenvalue weighted by Crippen LogP contribution is 2.25. The molecule has 1 rings (SSSR count). The predicted octanol–water partition coefficient (Wildman–Crippen LogP) is 2.66. The van der Waals surface area contributed by atoms with Gasteiger partial charge in [-0.2, -0.15) is 0 Å². The first-order chi connectivity index (χ1) is 4.22. The van der Waals surface area contributed by atoms with E-state index in [1.807, 2.05) is 0 Å². The van der Waals surface area contributed by atoms with E-state index in [4.69, 9.17) is 11.6 Å². The van der Waals surface area contributed by atoms with Crippen LogP contribution in [-0.4, -0.2) is 9.97 Å². The van der Waals surface area contributed by atoms with Gasteiger partial charge in [0.05, 0.1) is 4.47 Å². The molecule has 1 aromatic rings. The Morgan fingerprint density at radius 1 is 1.33 bits per heavy atom. The first-order valence-electron chi connectivity index (χ1n) is 2.03. The molecule has 0 amide bonds. The molecule has 0 aliphatic heterocycles. The lowest BCUT2D eigenvalue weighted by Gasteiger charge is -1.93. The molecule has 0 atom stereocenters. The Kier molecular flexibility index (Phi) is 2.43. The first-order valence-corrected chi connectivity index (χ1v) is 3.99. The number of hydrogen-bond acceptors (Lipinski definition) is 2. The van der Waals surface area contributed by atoms with E-state index in [1.54, 1.807) is 0 Å². The third-order valence-electron chi connectivity index (χ3n) is 0.704. The lowest BCUT2D eigenvalue weighted by molar-refractivity contribution is 1.12. The zero-order valence-electron chi connectivity index (χ0n) is 4.11. The normalized spacial score (nSPS) is 9.67. The Balaban J connectivity index is 3.25. The summed E-state index contributed by atoms with van der Waals surface area (Å²) >= 11 is 11.9. The molecule has 5 heteroatoms. The summed E-state index contributed by atoms with van der Waals surface area (Å²) in [4.78, 5) is 7.53. The van der Waals surface area contributed by atoms with Crippen LogP contribution in [0.4, 0.5) is 0 Å². The van der Waals surface area contributed by atoms with E-state index in [9.17, 15) is 0 Å². The first kappa shape index (κ1) is 7.44. The maximum absolute atomic E-state index is 5.59. The van der Waals surface area contributed by atoms with Crippen LogP contribution in [0.1, 0.15) is 0 Å². The van der Waals surface area contributed by atoms with Gasteiger partial charge < -0.3 is 0 Å². The fourth-order valence-electron chi connectivity index (χ4n) is 0.329. The van der Waals surface area contributed by atoms with Crippen molar-refractivity contribution in [1.82, 2.24) is 9.97 Å². The highest BCUT2D eigenvalue weighted by Gasteiger charge is 2.01. The summed E-state index contributed by atoms with van der Waals surface area (Å²) in [5.41, 5.74) is 0. The van der Waals surface area contributed by atoms with Crippen molar-refractivity contribution in [2.24, 2.45) is 0 Å². The number of hydrogen-bond donors (Lipinski definition) is 0. The molecule has 1 heterocycles. The standard InChI is InChI=1S/C4HBr2ClN2/c5-2-3(6)8-1-9-4(2)7/h1H. The van der Waals surface area contributed by atoms with Crippen LogP contribution in [0, 0.1) is 0 Å². The SMILES string of the molecule is Clc1ncnc(Br)c1Br. The van der Waals surface area contributed by atoms with Crippen LogP contribution in [0.3, 0.4) is 0 Å². The Hall–Kier alpha value is 0.330. The molecule has 0 bridgehead atoms. The zero-order chi connectivity index (χ0) is 6.85. The van der Waals surface area contributed by atoms with Crippen LogP contribution in [0.2, 0.25) is 5.15 Å². The van der Waals surface area contributed by atoms with Gasteiger partial charge in [0.2, 0.25) is 0 Å². The third kappa shape index (κ3) is 1.63. The summed E-state index contributed by atoms with van der Waals surface area (Å²) in [6.07, 6.45) is 1.39. The summed E-state index contributed by atoms with van der Waals surface area (Å²) in [6, 6.07) is 0. The second kappa shape index (κ2) is 2.94. The Bertz CT molecular complexity index is 208.